The first kappa shape index (κ1) is 15.3. The van der Waals surface area contributed by atoms with E-state index in [9.17, 15) is 17.6 Å². The fraction of sp³-hybridized carbons (Fsp3) is 0.600. The van der Waals surface area contributed by atoms with E-state index < -0.39 is 17.6 Å². The van der Waals surface area contributed by atoms with Crippen LogP contribution in [0.3, 0.4) is 0 Å². The molecule has 112 valence electrons. The normalized spacial score (nSPS) is 23.2. The summed E-state index contributed by atoms with van der Waals surface area (Å²) in [5, 5.41) is 3.27. The maximum absolute atomic E-state index is 13.6. The molecule has 1 aromatic carbocycles. The predicted octanol–water partition coefficient (Wildman–Crippen LogP) is 4.34. The van der Waals surface area contributed by atoms with Gasteiger partial charge in [-0.3, -0.25) is 0 Å². The molecule has 20 heavy (non-hydrogen) atoms. The van der Waals surface area contributed by atoms with E-state index >= 15 is 0 Å². The smallest absolute Gasteiger partial charge is 0.317 e. The standard InChI is InChI=1S/C15H19F4N/c1-2-20-9-11-4-3-5-12(11)10-6-7-13(14(16)8-10)15(17,18)19/h6-8,11-12,20H,2-5,9H2,1H3. The monoisotopic (exact) mass is 289 g/mol. The van der Waals surface area contributed by atoms with Crippen LogP contribution in [0.5, 0.6) is 0 Å². The van der Waals surface area contributed by atoms with Crippen molar-refractivity contribution in [2.24, 2.45) is 5.92 Å². The molecule has 1 saturated carbocycles. The van der Waals surface area contributed by atoms with Crippen molar-refractivity contribution >= 4 is 0 Å². The number of rotatable bonds is 4. The highest BCUT2D eigenvalue weighted by Crippen LogP contribution is 2.41. The van der Waals surface area contributed by atoms with Crippen molar-refractivity contribution in [3.63, 3.8) is 0 Å². The van der Waals surface area contributed by atoms with E-state index in [0.29, 0.717) is 11.5 Å². The van der Waals surface area contributed by atoms with Crippen LogP contribution in [-0.4, -0.2) is 13.1 Å². The average Bonchev–Trinajstić information content (AvgIpc) is 2.82. The van der Waals surface area contributed by atoms with Crippen molar-refractivity contribution in [3.05, 3.63) is 35.1 Å². The highest BCUT2D eigenvalue weighted by atomic mass is 19.4. The number of hydrogen-bond acceptors (Lipinski definition) is 1. The summed E-state index contributed by atoms with van der Waals surface area (Å²) in [7, 11) is 0. The Morgan fingerprint density at radius 1 is 1.25 bits per heavy atom. The van der Waals surface area contributed by atoms with Gasteiger partial charge in [0, 0.05) is 0 Å². The summed E-state index contributed by atoms with van der Waals surface area (Å²) in [4.78, 5) is 0. The highest BCUT2D eigenvalue weighted by Gasteiger charge is 2.35. The third-order valence-electron chi connectivity index (χ3n) is 4.04. The Morgan fingerprint density at radius 3 is 2.60 bits per heavy atom. The Morgan fingerprint density at radius 2 is 2.00 bits per heavy atom. The lowest BCUT2D eigenvalue weighted by Crippen LogP contribution is -2.24. The van der Waals surface area contributed by atoms with E-state index in [1.807, 2.05) is 6.92 Å². The van der Waals surface area contributed by atoms with Crippen LogP contribution < -0.4 is 5.32 Å². The maximum Gasteiger partial charge on any atom is 0.419 e. The predicted molar refractivity (Wildman–Crippen MR) is 70.0 cm³/mol. The van der Waals surface area contributed by atoms with Gasteiger partial charge < -0.3 is 5.32 Å². The van der Waals surface area contributed by atoms with E-state index in [4.69, 9.17) is 0 Å². The maximum atomic E-state index is 13.6. The van der Waals surface area contributed by atoms with Crippen LogP contribution in [0.2, 0.25) is 0 Å². The third kappa shape index (κ3) is 3.32. The number of halogens is 4. The molecule has 1 N–H and O–H groups in total. The molecule has 5 heteroatoms. The molecule has 0 bridgehead atoms. The minimum atomic E-state index is -4.62. The summed E-state index contributed by atoms with van der Waals surface area (Å²) in [6.45, 7) is 3.72. The van der Waals surface area contributed by atoms with Crippen LogP contribution in [0.4, 0.5) is 17.6 Å². The molecular formula is C15H19F4N. The quantitative estimate of drug-likeness (QED) is 0.813. The number of benzene rings is 1. The van der Waals surface area contributed by atoms with Gasteiger partial charge in [-0.25, -0.2) is 4.39 Å². The Labute approximate surface area is 116 Å². The SMILES string of the molecule is CCNCC1CCCC1c1ccc(C(F)(F)F)c(F)c1. The summed E-state index contributed by atoms with van der Waals surface area (Å²) in [5.74, 6) is -0.624. The Bertz CT molecular complexity index is 456. The van der Waals surface area contributed by atoms with Gasteiger partial charge in [-0.05, 0) is 55.5 Å². The second-order valence-corrected chi connectivity index (χ2v) is 5.34. The van der Waals surface area contributed by atoms with Crippen molar-refractivity contribution in [2.45, 2.75) is 38.3 Å². The van der Waals surface area contributed by atoms with Gasteiger partial charge in [-0.1, -0.05) is 19.4 Å². The molecule has 2 atom stereocenters. The summed E-state index contributed by atoms with van der Waals surface area (Å²) >= 11 is 0. The lowest BCUT2D eigenvalue weighted by molar-refractivity contribution is -0.140. The van der Waals surface area contributed by atoms with Gasteiger partial charge in [0.1, 0.15) is 5.82 Å². The Balaban J connectivity index is 2.18. The fourth-order valence-electron chi connectivity index (χ4n) is 3.04. The lowest BCUT2D eigenvalue weighted by Gasteiger charge is -2.21. The summed E-state index contributed by atoms with van der Waals surface area (Å²) < 4.78 is 51.3. The molecule has 0 amide bonds. The van der Waals surface area contributed by atoms with Crippen LogP contribution >= 0.6 is 0 Å². The minimum Gasteiger partial charge on any atom is -0.317 e. The Kier molecular flexibility index (Phi) is 4.68. The van der Waals surface area contributed by atoms with Crippen molar-refractivity contribution in [1.82, 2.24) is 5.32 Å². The molecule has 0 aliphatic heterocycles. The Hall–Kier alpha value is -1.10. The number of hydrogen-bond donors (Lipinski definition) is 1. The fourth-order valence-corrected chi connectivity index (χ4v) is 3.04. The largest absolute Gasteiger partial charge is 0.419 e. The first-order valence-electron chi connectivity index (χ1n) is 7.00. The second-order valence-electron chi connectivity index (χ2n) is 5.34. The van der Waals surface area contributed by atoms with Gasteiger partial charge in [0.25, 0.3) is 0 Å². The van der Waals surface area contributed by atoms with E-state index in [-0.39, 0.29) is 5.92 Å². The van der Waals surface area contributed by atoms with Crippen LogP contribution in [0.1, 0.15) is 43.2 Å². The van der Waals surface area contributed by atoms with Crippen molar-refractivity contribution < 1.29 is 17.6 Å². The highest BCUT2D eigenvalue weighted by molar-refractivity contribution is 5.29. The molecule has 1 aliphatic carbocycles. The van der Waals surface area contributed by atoms with E-state index in [0.717, 1.165) is 44.5 Å². The van der Waals surface area contributed by atoms with E-state index in [1.54, 1.807) is 0 Å². The summed E-state index contributed by atoms with van der Waals surface area (Å²) in [6.07, 6.45) is -1.62. The molecule has 1 fully saturated rings. The zero-order valence-electron chi connectivity index (χ0n) is 11.4. The van der Waals surface area contributed by atoms with Crippen LogP contribution in [-0.2, 0) is 6.18 Å². The molecule has 1 aromatic rings. The molecule has 1 aliphatic rings. The number of alkyl halides is 3. The van der Waals surface area contributed by atoms with Gasteiger partial charge >= 0.3 is 6.18 Å². The van der Waals surface area contributed by atoms with Crippen LogP contribution in [0.15, 0.2) is 18.2 Å². The molecule has 2 rings (SSSR count). The lowest BCUT2D eigenvalue weighted by atomic mass is 9.88. The van der Waals surface area contributed by atoms with Crippen molar-refractivity contribution in [1.29, 1.82) is 0 Å². The first-order chi connectivity index (χ1) is 9.43. The molecule has 2 unspecified atom stereocenters. The van der Waals surface area contributed by atoms with Gasteiger partial charge in [0.05, 0.1) is 5.56 Å². The molecule has 0 heterocycles. The molecule has 1 nitrogen and oxygen atoms in total. The van der Waals surface area contributed by atoms with Gasteiger partial charge in [-0.2, -0.15) is 13.2 Å². The molecule has 0 saturated heterocycles. The zero-order valence-corrected chi connectivity index (χ0v) is 11.4. The van der Waals surface area contributed by atoms with Crippen molar-refractivity contribution in [3.8, 4) is 0 Å². The number of nitrogens with one attached hydrogen (secondary N) is 1. The second kappa shape index (κ2) is 6.12. The molecule has 0 aromatic heterocycles. The van der Waals surface area contributed by atoms with Crippen molar-refractivity contribution in [2.75, 3.05) is 13.1 Å². The third-order valence-corrected chi connectivity index (χ3v) is 4.04. The van der Waals surface area contributed by atoms with E-state index in [2.05, 4.69) is 5.32 Å². The first-order valence-corrected chi connectivity index (χ1v) is 7.00. The topological polar surface area (TPSA) is 12.0 Å². The summed E-state index contributed by atoms with van der Waals surface area (Å²) in [5.41, 5.74) is -0.488. The van der Waals surface area contributed by atoms with Gasteiger partial charge in [-0.15, -0.1) is 0 Å². The molecule has 0 radical (unpaired) electrons. The zero-order chi connectivity index (χ0) is 14.8. The molecule has 0 spiro atoms. The van der Waals surface area contributed by atoms with Crippen LogP contribution in [0.25, 0.3) is 0 Å². The van der Waals surface area contributed by atoms with Crippen LogP contribution in [0, 0.1) is 11.7 Å². The average molecular weight is 289 g/mol. The van der Waals surface area contributed by atoms with E-state index in [1.165, 1.54) is 6.07 Å². The van der Waals surface area contributed by atoms with Gasteiger partial charge in [0.15, 0.2) is 0 Å². The van der Waals surface area contributed by atoms with Gasteiger partial charge in [0.2, 0.25) is 0 Å². The minimum absolute atomic E-state index is 0.158. The molecular weight excluding hydrogens is 270 g/mol. The summed E-state index contributed by atoms with van der Waals surface area (Å²) in [6, 6.07) is 3.37.